The quantitative estimate of drug-likeness (QED) is 0.699. The number of aromatic nitrogens is 2. The van der Waals surface area contributed by atoms with Crippen molar-refractivity contribution >= 4 is 0 Å². The summed E-state index contributed by atoms with van der Waals surface area (Å²) in [5, 5.41) is 14.0. The van der Waals surface area contributed by atoms with E-state index in [2.05, 4.69) is 5.10 Å². The van der Waals surface area contributed by atoms with Gasteiger partial charge in [-0.1, -0.05) is 0 Å². The molecule has 3 N–H and O–H groups in total. The first-order chi connectivity index (χ1) is 6.18. The lowest BCUT2D eigenvalue weighted by atomic mass is 9.95. The van der Waals surface area contributed by atoms with E-state index in [1.807, 2.05) is 13.2 Å². The SMILES string of the molecule is Cn1cc(C(O)C2(CN)CC2)cn1. The highest BCUT2D eigenvalue weighted by Gasteiger charge is 2.48. The van der Waals surface area contributed by atoms with Crippen molar-refractivity contribution in [1.82, 2.24) is 9.78 Å². The summed E-state index contributed by atoms with van der Waals surface area (Å²) in [6.07, 6.45) is 5.17. The van der Waals surface area contributed by atoms with Crippen molar-refractivity contribution in [2.24, 2.45) is 18.2 Å². The molecular weight excluding hydrogens is 166 g/mol. The van der Waals surface area contributed by atoms with Gasteiger partial charge in [-0.3, -0.25) is 4.68 Å². The number of rotatable bonds is 3. The van der Waals surface area contributed by atoms with E-state index >= 15 is 0 Å². The molecule has 1 aliphatic rings. The number of nitrogens with two attached hydrogens (primary N) is 1. The summed E-state index contributed by atoms with van der Waals surface area (Å²) in [4.78, 5) is 0. The van der Waals surface area contributed by atoms with Gasteiger partial charge in [-0.15, -0.1) is 0 Å². The van der Waals surface area contributed by atoms with Gasteiger partial charge in [0.15, 0.2) is 0 Å². The molecule has 0 bridgehead atoms. The van der Waals surface area contributed by atoms with E-state index in [0.717, 1.165) is 18.4 Å². The maximum atomic E-state index is 9.99. The van der Waals surface area contributed by atoms with Gasteiger partial charge < -0.3 is 10.8 Å². The summed E-state index contributed by atoms with van der Waals surface area (Å²) < 4.78 is 1.70. The zero-order valence-electron chi connectivity index (χ0n) is 7.77. The lowest BCUT2D eigenvalue weighted by molar-refractivity contribution is 0.0975. The normalized spacial score (nSPS) is 21.5. The van der Waals surface area contributed by atoms with Crippen LogP contribution in [0.15, 0.2) is 12.4 Å². The predicted octanol–water partition coefficient (Wildman–Crippen LogP) is 0.192. The minimum absolute atomic E-state index is 0.0525. The minimum atomic E-state index is -0.439. The van der Waals surface area contributed by atoms with Crippen LogP contribution in [-0.2, 0) is 7.05 Å². The minimum Gasteiger partial charge on any atom is -0.388 e. The Balaban J connectivity index is 2.17. The van der Waals surface area contributed by atoms with Gasteiger partial charge in [0.2, 0.25) is 0 Å². The molecular formula is C9H15N3O. The van der Waals surface area contributed by atoms with Gasteiger partial charge >= 0.3 is 0 Å². The third kappa shape index (κ3) is 1.36. The monoisotopic (exact) mass is 181 g/mol. The van der Waals surface area contributed by atoms with Gasteiger partial charge in [-0.05, 0) is 12.8 Å². The average molecular weight is 181 g/mol. The van der Waals surface area contributed by atoms with Gasteiger partial charge in [0, 0.05) is 30.8 Å². The molecule has 72 valence electrons. The molecule has 13 heavy (non-hydrogen) atoms. The molecule has 4 heteroatoms. The Labute approximate surface area is 77.4 Å². The van der Waals surface area contributed by atoms with Gasteiger partial charge in [0.05, 0.1) is 12.3 Å². The maximum absolute atomic E-state index is 9.99. The van der Waals surface area contributed by atoms with Crippen molar-refractivity contribution in [3.05, 3.63) is 18.0 Å². The molecule has 0 aromatic carbocycles. The largest absolute Gasteiger partial charge is 0.388 e. The second-order valence-electron chi connectivity index (χ2n) is 3.92. The van der Waals surface area contributed by atoms with Crippen LogP contribution in [0.2, 0.25) is 0 Å². The first kappa shape index (κ1) is 8.72. The van der Waals surface area contributed by atoms with Gasteiger partial charge in [0.1, 0.15) is 0 Å². The second-order valence-corrected chi connectivity index (χ2v) is 3.92. The summed E-state index contributed by atoms with van der Waals surface area (Å²) in [6.45, 7) is 0.559. The average Bonchev–Trinajstić information content (AvgIpc) is 2.82. The molecule has 0 aliphatic heterocycles. The zero-order chi connectivity index (χ0) is 9.47. The Morgan fingerprint density at radius 3 is 2.85 bits per heavy atom. The van der Waals surface area contributed by atoms with E-state index < -0.39 is 6.10 Å². The van der Waals surface area contributed by atoms with Crippen LogP contribution >= 0.6 is 0 Å². The standard InChI is InChI=1S/C9H15N3O/c1-12-5-7(4-11-12)8(13)9(6-10)2-3-9/h4-5,8,13H,2-3,6,10H2,1H3. The van der Waals surface area contributed by atoms with Crippen LogP contribution in [0.4, 0.5) is 0 Å². The first-order valence-corrected chi connectivity index (χ1v) is 4.55. The molecule has 0 saturated heterocycles. The molecule has 2 rings (SSSR count). The summed E-state index contributed by atoms with van der Waals surface area (Å²) in [7, 11) is 1.85. The smallest absolute Gasteiger partial charge is 0.0888 e. The molecule has 1 fully saturated rings. The molecule has 0 amide bonds. The van der Waals surface area contributed by atoms with Crippen molar-refractivity contribution in [3.63, 3.8) is 0 Å². The topological polar surface area (TPSA) is 64.1 Å². The lowest BCUT2D eigenvalue weighted by Gasteiger charge is -2.18. The van der Waals surface area contributed by atoms with Crippen molar-refractivity contribution in [2.75, 3.05) is 6.54 Å². The molecule has 1 saturated carbocycles. The lowest BCUT2D eigenvalue weighted by Crippen LogP contribution is -2.23. The molecule has 1 atom stereocenters. The molecule has 0 radical (unpaired) electrons. The number of aliphatic hydroxyl groups excluding tert-OH is 1. The van der Waals surface area contributed by atoms with Gasteiger partial charge in [0.25, 0.3) is 0 Å². The predicted molar refractivity (Wildman–Crippen MR) is 48.9 cm³/mol. The molecule has 1 aromatic heterocycles. The number of hydrogen-bond donors (Lipinski definition) is 2. The van der Waals surface area contributed by atoms with Crippen LogP contribution in [0.25, 0.3) is 0 Å². The molecule has 4 nitrogen and oxygen atoms in total. The molecule has 0 spiro atoms. The fraction of sp³-hybridized carbons (Fsp3) is 0.667. The van der Waals surface area contributed by atoms with E-state index in [1.54, 1.807) is 10.9 Å². The van der Waals surface area contributed by atoms with Gasteiger partial charge in [-0.2, -0.15) is 5.10 Å². The fourth-order valence-corrected chi connectivity index (χ4v) is 1.68. The Bertz CT molecular complexity index is 304. The summed E-state index contributed by atoms with van der Waals surface area (Å²) in [5.74, 6) is 0. The van der Waals surface area contributed by atoms with Crippen molar-refractivity contribution in [2.45, 2.75) is 18.9 Å². The van der Waals surface area contributed by atoms with Crippen LogP contribution in [0.1, 0.15) is 24.5 Å². The van der Waals surface area contributed by atoms with Crippen LogP contribution < -0.4 is 5.73 Å². The number of aryl methyl sites for hydroxylation is 1. The summed E-state index contributed by atoms with van der Waals surface area (Å²) >= 11 is 0. The highest BCUT2D eigenvalue weighted by molar-refractivity contribution is 5.16. The van der Waals surface area contributed by atoms with Crippen molar-refractivity contribution in [3.8, 4) is 0 Å². The Morgan fingerprint density at radius 1 is 1.77 bits per heavy atom. The second kappa shape index (κ2) is 2.82. The Morgan fingerprint density at radius 2 is 2.46 bits per heavy atom. The number of hydrogen-bond acceptors (Lipinski definition) is 3. The van der Waals surface area contributed by atoms with Crippen LogP contribution in [-0.4, -0.2) is 21.4 Å². The van der Waals surface area contributed by atoms with Crippen molar-refractivity contribution in [1.29, 1.82) is 0 Å². The first-order valence-electron chi connectivity index (χ1n) is 4.55. The molecule has 1 unspecified atom stereocenters. The van der Waals surface area contributed by atoms with Crippen LogP contribution in [0.5, 0.6) is 0 Å². The van der Waals surface area contributed by atoms with E-state index in [0.29, 0.717) is 6.54 Å². The fourth-order valence-electron chi connectivity index (χ4n) is 1.68. The number of aliphatic hydroxyl groups is 1. The van der Waals surface area contributed by atoms with E-state index in [1.165, 1.54) is 0 Å². The molecule has 1 aliphatic carbocycles. The van der Waals surface area contributed by atoms with Crippen LogP contribution in [0.3, 0.4) is 0 Å². The van der Waals surface area contributed by atoms with Crippen molar-refractivity contribution < 1.29 is 5.11 Å². The summed E-state index contributed by atoms with van der Waals surface area (Å²) in [5.41, 5.74) is 6.45. The van der Waals surface area contributed by atoms with Gasteiger partial charge in [-0.25, -0.2) is 0 Å². The van der Waals surface area contributed by atoms with E-state index in [-0.39, 0.29) is 5.41 Å². The maximum Gasteiger partial charge on any atom is 0.0888 e. The van der Waals surface area contributed by atoms with E-state index in [9.17, 15) is 5.11 Å². The zero-order valence-corrected chi connectivity index (χ0v) is 7.77. The highest BCUT2D eigenvalue weighted by atomic mass is 16.3. The molecule has 1 heterocycles. The van der Waals surface area contributed by atoms with Crippen LogP contribution in [0, 0.1) is 5.41 Å². The van der Waals surface area contributed by atoms with E-state index in [4.69, 9.17) is 5.73 Å². The molecule has 1 aromatic rings. The number of nitrogens with zero attached hydrogens (tertiary/aromatic N) is 2. The highest BCUT2D eigenvalue weighted by Crippen LogP contribution is 2.53. The Hall–Kier alpha value is -0.870. The Kier molecular flexibility index (Phi) is 1.89. The third-order valence-corrected chi connectivity index (χ3v) is 2.92. The summed E-state index contributed by atoms with van der Waals surface area (Å²) in [6, 6.07) is 0. The third-order valence-electron chi connectivity index (χ3n) is 2.92.